The van der Waals surface area contributed by atoms with Crippen molar-refractivity contribution in [2.24, 2.45) is 5.73 Å². The van der Waals surface area contributed by atoms with Crippen molar-refractivity contribution >= 4 is 34.5 Å². The van der Waals surface area contributed by atoms with Crippen LogP contribution in [0.4, 0.5) is 5.69 Å². The Hall–Kier alpha value is -1.52. The summed E-state index contributed by atoms with van der Waals surface area (Å²) < 4.78 is 0. The molecule has 3 N–H and O–H groups in total. The first-order valence-corrected chi connectivity index (χ1v) is 7.65. The Morgan fingerprint density at radius 3 is 2.75 bits per heavy atom. The van der Waals surface area contributed by atoms with Gasteiger partial charge in [-0.05, 0) is 43.7 Å². The second-order valence-electron chi connectivity index (χ2n) is 4.58. The normalized spacial score (nSPS) is 12.2. The van der Waals surface area contributed by atoms with Crippen LogP contribution in [0.15, 0.2) is 30.3 Å². The van der Waals surface area contributed by atoms with E-state index in [-0.39, 0.29) is 6.04 Å². The molecule has 0 radical (unpaired) electrons. The number of thiophene rings is 1. The molecule has 0 saturated carbocycles. The van der Waals surface area contributed by atoms with Crippen LogP contribution in [0.25, 0.3) is 0 Å². The minimum absolute atomic E-state index is 0.126. The van der Waals surface area contributed by atoms with Crippen LogP contribution in [0.2, 0.25) is 5.02 Å². The summed E-state index contributed by atoms with van der Waals surface area (Å²) in [6.45, 7) is 4.21. The largest absolute Gasteiger partial charge is 0.376 e. The standard InChI is InChI=1S/C15H17ClN2OS/c1-3-11-5-7-14(20-11)9(2)18-13-8-10(15(17)19)4-6-12(13)16/h4-9,18H,3H2,1-2H3,(H2,17,19). The number of amides is 1. The summed E-state index contributed by atoms with van der Waals surface area (Å²) in [5.74, 6) is -0.457. The van der Waals surface area contributed by atoms with Gasteiger partial charge in [-0.2, -0.15) is 0 Å². The lowest BCUT2D eigenvalue weighted by atomic mass is 10.1. The van der Waals surface area contributed by atoms with Crippen LogP contribution < -0.4 is 11.1 Å². The molecule has 1 atom stereocenters. The minimum Gasteiger partial charge on any atom is -0.376 e. The van der Waals surface area contributed by atoms with Crippen molar-refractivity contribution in [3.8, 4) is 0 Å². The van der Waals surface area contributed by atoms with Crippen molar-refractivity contribution in [3.63, 3.8) is 0 Å². The van der Waals surface area contributed by atoms with Crippen LogP contribution in [0.1, 0.15) is 40.0 Å². The van der Waals surface area contributed by atoms with Crippen molar-refractivity contribution in [2.45, 2.75) is 26.3 Å². The summed E-state index contributed by atoms with van der Waals surface area (Å²) in [4.78, 5) is 13.8. The zero-order valence-electron chi connectivity index (χ0n) is 11.4. The molecule has 1 aromatic carbocycles. The summed E-state index contributed by atoms with van der Waals surface area (Å²) >= 11 is 7.93. The summed E-state index contributed by atoms with van der Waals surface area (Å²) in [6, 6.07) is 9.38. The highest BCUT2D eigenvalue weighted by Crippen LogP contribution is 2.30. The van der Waals surface area contributed by atoms with Gasteiger partial charge in [0, 0.05) is 15.3 Å². The molecule has 1 amide bonds. The SMILES string of the molecule is CCc1ccc(C(C)Nc2cc(C(N)=O)ccc2Cl)s1. The van der Waals surface area contributed by atoms with E-state index < -0.39 is 5.91 Å². The monoisotopic (exact) mass is 308 g/mol. The van der Waals surface area contributed by atoms with E-state index in [0.717, 1.165) is 12.1 Å². The van der Waals surface area contributed by atoms with Crippen molar-refractivity contribution in [1.29, 1.82) is 0 Å². The van der Waals surface area contributed by atoms with Crippen LogP contribution in [0.5, 0.6) is 0 Å². The predicted molar refractivity (Wildman–Crippen MR) is 85.7 cm³/mol. The fourth-order valence-electron chi connectivity index (χ4n) is 1.91. The van der Waals surface area contributed by atoms with Gasteiger partial charge in [-0.25, -0.2) is 0 Å². The van der Waals surface area contributed by atoms with E-state index >= 15 is 0 Å². The molecular formula is C15H17ClN2OS. The van der Waals surface area contributed by atoms with Gasteiger partial charge in [0.1, 0.15) is 0 Å². The molecule has 0 spiro atoms. The van der Waals surface area contributed by atoms with Gasteiger partial charge in [-0.3, -0.25) is 4.79 Å². The molecule has 3 nitrogen and oxygen atoms in total. The van der Waals surface area contributed by atoms with Crippen molar-refractivity contribution in [1.82, 2.24) is 0 Å². The molecule has 106 valence electrons. The van der Waals surface area contributed by atoms with Gasteiger partial charge in [-0.1, -0.05) is 18.5 Å². The smallest absolute Gasteiger partial charge is 0.248 e. The third-order valence-electron chi connectivity index (χ3n) is 3.08. The molecule has 1 aromatic heterocycles. The van der Waals surface area contributed by atoms with E-state index in [9.17, 15) is 4.79 Å². The Balaban J connectivity index is 2.20. The molecule has 1 heterocycles. The number of rotatable bonds is 5. The minimum atomic E-state index is -0.457. The number of nitrogens with two attached hydrogens (primary N) is 1. The quantitative estimate of drug-likeness (QED) is 0.868. The number of benzene rings is 1. The number of carbonyl (C=O) groups is 1. The lowest BCUT2D eigenvalue weighted by molar-refractivity contribution is 0.100. The Morgan fingerprint density at radius 1 is 1.40 bits per heavy atom. The number of aryl methyl sites for hydroxylation is 1. The van der Waals surface area contributed by atoms with E-state index in [2.05, 4.69) is 31.3 Å². The summed E-state index contributed by atoms with van der Waals surface area (Å²) in [5.41, 5.74) is 6.46. The van der Waals surface area contributed by atoms with Crippen LogP contribution in [0.3, 0.4) is 0 Å². The van der Waals surface area contributed by atoms with Crippen molar-refractivity contribution < 1.29 is 4.79 Å². The van der Waals surface area contributed by atoms with Crippen LogP contribution in [-0.4, -0.2) is 5.91 Å². The van der Waals surface area contributed by atoms with Gasteiger partial charge < -0.3 is 11.1 Å². The summed E-state index contributed by atoms with van der Waals surface area (Å²) in [6.07, 6.45) is 1.04. The van der Waals surface area contributed by atoms with Crippen LogP contribution >= 0.6 is 22.9 Å². The highest BCUT2D eigenvalue weighted by atomic mass is 35.5. The number of carbonyl (C=O) groups excluding carboxylic acids is 1. The second-order valence-corrected chi connectivity index (χ2v) is 6.19. The highest BCUT2D eigenvalue weighted by molar-refractivity contribution is 7.12. The van der Waals surface area contributed by atoms with E-state index in [0.29, 0.717) is 10.6 Å². The number of halogens is 1. The Bertz CT molecular complexity index is 624. The summed E-state index contributed by atoms with van der Waals surface area (Å²) in [7, 11) is 0. The van der Waals surface area contributed by atoms with Gasteiger partial charge in [0.2, 0.25) is 5.91 Å². The average Bonchev–Trinajstić information content (AvgIpc) is 2.89. The van der Waals surface area contributed by atoms with E-state index in [1.54, 1.807) is 29.5 Å². The number of nitrogens with one attached hydrogen (secondary N) is 1. The Labute approximate surface area is 127 Å². The fourth-order valence-corrected chi connectivity index (χ4v) is 3.04. The molecule has 2 aromatic rings. The second kappa shape index (κ2) is 6.29. The number of hydrogen-bond donors (Lipinski definition) is 2. The van der Waals surface area contributed by atoms with E-state index in [4.69, 9.17) is 17.3 Å². The molecule has 0 saturated heterocycles. The zero-order valence-corrected chi connectivity index (χ0v) is 13.0. The molecule has 0 aliphatic heterocycles. The first-order valence-electron chi connectivity index (χ1n) is 6.45. The van der Waals surface area contributed by atoms with Gasteiger partial charge in [0.15, 0.2) is 0 Å². The highest BCUT2D eigenvalue weighted by Gasteiger charge is 2.11. The Kier molecular flexibility index (Phi) is 4.68. The average molecular weight is 309 g/mol. The maximum Gasteiger partial charge on any atom is 0.248 e. The molecule has 20 heavy (non-hydrogen) atoms. The fraction of sp³-hybridized carbons (Fsp3) is 0.267. The van der Waals surface area contributed by atoms with Gasteiger partial charge in [0.25, 0.3) is 0 Å². The molecule has 1 unspecified atom stereocenters. The molecule has 5 heteroatoms. The lowest BCUT2D eigenvalue weighted by Crippen LogP contribution is -2.12. The van der Waals surface area contributed by atoms with Crippen molar-refractivity contribution in [2.75, 3.05) is 5.32 Å². The molecule has 0 aliphatic rings. The topological polar surface area (TPSA) is 55.1 Å². The lowest BCUT2D eigenvalue weighted by Gasteiger charge is -2.15. The Morgan fingerprint density at radius 2 is 2.15 bits per heavy atom. The number of anilines is 1. The first-order chi connectivity index (χ1) is 9.51. The first kappa shape index (κ1) is 14.9. The third-order valence-corrected chi connectivity index (χ3v) is 4.82. The van der Waals surface area contributed by atoms with Gasteiger partial charge in [-0.15, -0.1) is 11.3 Å². The van der Waals surface area contributed by atoms with E-state index in [1.807, 2.05) is 0 Å². The van der Waals surface area contributed by atoms with Gasteiger partial charge >= 0.3 is 0 Å². The van der Waals surface area contributed by atoms with Crippen molar-refractivity contribution in [3.05, 3.63) is 50.7 Å². The molecule has 2 rings (SSSR count). The third kappa shape index (κ3) is 3.32. The van der Waals surface area contributed by atoms with Crippen LogP contribution in [0, 0.1) is 0 Å². The zero-order chi connectivity index (χ0) is 14.7. The van der Waals surface area contributed by atoms with Gasteiger partial charge in [0.05, 0.1) is 16.8 Å². The van der Waals surface area contributed by atoms with E-state index in [1.165, 1.54) is 9.75 Å². The molecule has 0 aliphatic carbocycles. The maximum absolute atomic E-state index is 11.2. The van der Waals surface area contributed by atoms with Crippen LogP contribution in [-0.2, 0) is 6.42 Å². The molecular weight excluding hydrogens is 292 g/mol. The number of primary amides is 1. The number of hydrogen-bond acceptors (Lipinski definition) is 3. The molecule has 0 fully saturated rings. The molecule has 0 bridgehead atoms. The predicted octanol–water partition coefficient (Wildman–Crippen LogP) is 4.24. The maximum atomic E-state index is 11.2. The summed E-state index contributed by atoms with van der Waals surface area (Å²) in [5, 5.41) is 3.91.